The van der Waals surface area contributed by atoms with Gasteiger partial charge in [0.25, 0.3) is 0 Å². The van der Waals surface area contributed by atoms with Gasteiger partial charge >= 0.3 is 0 Å². The van der Waals surface area contributed by atoms with Crippen LogP contribution < -0.4 is 5.32 Å². The highest BCUT2D eigenvalue weighted by molar-refractivity contribution is 5.78. The molecule has 0 saturated carbocycles. The second-order valence-corrected chi connectivity index (χ2v) is 3.80. The molecule has 1 aromatic rings. The van der Waals surface area contributed by atoms with Gasteiger partial charge in [0.15, 0.2) is 0 Å². The van der Waals surface area contributed by atoms with Crippen molar-refractivity contribution in [3.8, 4) is 0 Å². The van der Waals surface area contributed by atoms with E-state index < -0.39 is 0 Å². The Morgan fingerprint density at radius 1 is 1.31 bits per heavy atom. The standard InChI is InChI=1S/C12H19N3O/c1-3-11(4-2)12(16)15-6-5-10-7-13-9-14-8-10/h7-9,11H,3-6H2,1-2H3,(H,15,16). The number of hydrogen-bond donors (Lipinski definition) is 1. The van der Waals surface area contributed by atoms with Crippen LogP contribution in [0.3, 0.4) is 0 Å². The molecule has 0 unspecified atom stereocenters. The smallest absolute Gasteiger partial charge is 0.223 e. The number of nitrogens with zero attached hydrogens (tertiary/aromatic N) is 2. The quantitative estimate of drug-likeness (QED) is 0.793. The van der Waals surface area contributed by atoms with Gasteiger partial charge in [0.05, 0.1) is 0 Å². The van der Waals surface area contributed by atoms with Crippen molar-refractivity contribution in [3.63, 3.8) is 0 Å². The van der Waals surface area contributed by atoms with E-state index in [1.807, 2.05) is 13.8 Å². The molecule has 16 heavy (non-hydrogen) atoms. The second kappa shape index (κ2) is 6.93. The third-order valence-electron chi connectivity index (χ3n) is 2.68. The number of amides is 1. The van der Waals surface area contributed by atoms with Crippen molar-refractivity contribution in [2.75, 3.05) is 6.54 Å². The molecule has 1 heterocycles. The summed E-state index contributed by atoms with van der Waals surface area (Å²) in [4.78, 5) is 19.5. The van der Waals surface area contributed by atoms with Crippen molar-refractivity contribution in [2.45, 2.75) is 33.1 Å². The maximum atomic E-state index is 11.7. The van der Waals surface area contributed by atoms with Crippen LogP contribution in [0.2, 0.25) is 0 Å². The molecule has 4 nitrogen and oxygen atoms in total. The zero-order valence-corrected chi connectivity index (χ0v) is 9.94. The molecule has 0 aliphatic heterocycles. The van der Waals surface area contributed by atoms with E-state index in [0.717, 1.165) is 24.8 Å². The first kappa shape index (κ1) is 12.6. The number of carbonyl (C=O) groups is 1. The lowest BCUT2D eigenvalue weighted by molar-refractivity contribution is -0.125. The summed E-state index contributed by atoms with van der Waals surface area (Å²) in [6.07, 6.45) is 7.64. The maximum Gasteiger partial charge on any atom is 0.223 e. The SMILES string of the molecule is CCC(CC)C(=O)NCCc1cncnc1. The molecule has 0 saturated heterocycles. The third-order valence-corrected chi connectivity index (χ3v) is 2.68. The molecule has 0 radical (unpaired) electrons. The summed E-state index contributed by atoms with van der Waals surface area (Å²) in [5, 5.41) is 2.94. The number of aromatic nitrogens is 2. The predicted molar refractivity (Wildman–Crippen MR) is 62.8 cm³/mol. The Kier molecular flexibility index (Phi) is 5.46. The molecular formula is C12H19N3O. The van der Waals surface area contributed by atoms with E-state index in [9.17, 15) is 4.79 Å². The lowest BCUT2D eigenvalue weighted by Gasteiger charge is -2.12. The van der Waals surface area contributed by atoms with Gasteiger partial charge in [-0.2, -0.15) is 0 Å². The third kappa shape index (κ3) is 3.96. The van der Waals surface area contributed by atoms with Gasteiger partial charge < -0.3 is 5.32 Å². The second-order valence-electron chi connectivity index (χ2n) is 3.80. The van der Waals surface area contributed by atoms with Crippen LogP contribution in [0, 0.1) is 5.92 Å². The normalized spacial score (nSPS) is 10.4. The molecule has 0 fully saturated rings. The van der Waals surface area contributed by atoms with Crippen LogP contribution in [0.15, 0.2) is 18.7 Å². The molecule has 4 heteroatoms. The highest BCUT2D eigenvalue weighted by Crippen LogP contribution is 2.06. The van der Waals surface area contributed by atoms with Gasteiger partial charge in [-0.25, -0.2) is 9.97 Å². The first-order chi connectivity index (χ1) is 7.77. The molecule has 1 rings (SSSR count). The first-order valence-corrected chi connectivity index (χ1v) is 5.79. The molecule has 1 aromatic heterocycles. The van der Waals surface area contributed by atoms with Crippen LogP contribution in [-0.2, 0) is 11.2 Å². The number of nitrogens with one attached hydrogen (secondary N) is 1. The van der Waals surface area contributed by atoms with Crippen LogP contribution in [0.1, 0.15) is 32.3 Å². The summed E-state index contributed by atoms with van der Waals surface area (Å²) >= 11 is 0. The van der Waals surface area contributed by atoms with E-state index in [-0.39, 0.29) is 11.8 Å². The van der Waals surface area contributed by atoms with Crippen molar-refractivity contribution in [1.82, 2.24) is 15.3 Å². The first-order valence-electron chi connectivity index (χ1n) is 5.79. The highest BCUT2D eigenvalue weighted by atomic mass is 16.1. The molecule has 88 valence electrons. The lowest BCUT2D eigenvalue weighted by Crippen LogP contribution is -2.31. The molecule has 0 atom stereocenters. The van der Waals surface area contributed by atoms with E-state index in [1.54, 1.807) is 12.4 Å². The van der Waals surface area contributed by atoms with Gasteiger partial charge in [-0.15, -0.1) is 0 Å². The molecule has 1 amide bonds. The fourth-order valence-corrected chi connectivity index (χ4v) is 1.59. The Balaban J connectivity index is 2.28. The van der Waals surface area contributed by atoms with E-state index in [2.05, 4.69) is 15.3 Å². The minimum Gasteiger partial charge on any atom is -0.356 e. The average molecular weight is 221 g/mol. The van der Waals surface area contributed by atoms with Gasteiger partial charge in [0.1, 0.15) is 6.33 Å². The number of hydrogen-bond acceptors (Lipinski definition) is 3. The molecule has 0 bridgehead atoms. The van der Waals surface area contributed by atoms with Crippen LogP contribution in [0.5, 0.6) is 0 Å². The Morgan fingerprint density at radius 2 is 1.94 bits per heavy atom. The lowest BCUT2D eigenvalue weighted by atomic mass is 10.0. The van der Waals surface area contributed by atoms with Crippen LogP contribution in [0.25, 0.3) is 0 Å². The molecular weight excluding hydrogens is 202 g/mol. The molecule has 0 aromatic carbocycles. The largest absolute Gasteiger partial charge is 0.356 e. The summed E-state index contributed by atoms with van der Waals surface area (Å²) in [6, 6.07) is 0. The molecule has 0 aliphatic carbocycles. The topological polar surface area (TPSA) is 54.9 Å². The van der Waals surface area contributed by atoms with Crippen molar-refractivity contribution in [2.24, 2.45) is 5.92 Å². The van der Waals surface area contributed by atoms with E-state index in [0.29, 0.717) is 6.54 Å². The fourth-order valence-electron chi connectivity index (χ4n) is 1.59. The molecule has 0 aliphatic rings. The Morgan fingerprint density at radius 3 is 2.50 bits per heavy atom. The number of carbonyl (C=O) groups excluding carboxylic acids is 1. The number of rotatable bonds is 6. The molecule has 0 spiro atoms. The van der Waals surface area contributed by atoms with E-state index >= 15 is 0 Å². The van der Waals surface area contributed by atoms with Crippen LogP contribution in [-0.4, -0.2) is 22.4 Å². The summed E-state index contributed by atoms with van der Waals surface area (Å²) < 4.78 is 0. The van der Waals surface area contributed by atoms with Crippen LogP contribution >= 0.6 is 0 Å². The monoisotopic (exact) mass is 221 g/mol. The zero-order valence-electron chi connectivity index (χ0n) is 9.94. The minimum atomic E-state index is 0.145. The summed E-state index contributed by atoms with van der Waals surface area (Å²) in [6.45, 7) is 4.74. The van der Waals surface area contributed by atoms with Crippen molar-refractivity contribution in [3.05, 3.63) is 24.3 Å². The Labute approximate surface area is 96.5 Å². The molecule has 1 N–H and O–H groups in total. The van der Waals surface area contributed by atoms with Crippen molar-refractivity contribution < 1.29 is 4.79 Å². The Hall–Kier alpha value is -1.45. The van der Waals surface area contributed by atoms with E-state index in [1.165, 1.54) is 6.33 Å². The fraction of sp³-hybridized carbons (Fsp3) is 0.583. The van der Waals surface area contributed by atoms with Crippen molar-refractivity contribution in [1.29, 1.82) is 0 Å². The van der Waals surface area contributed by atoms with Gasteiger partial charge in [0, 0.05) is 24.9 Å². The summed E-state index contributed by atoms with van der Waals surface area (Å²) in [5.41, 5.74) is 1.05. The summed E-state index contributed by atoms with van der Waals surface area (Å²) in [7, 11) is 0. The van der Waals surface area contributed by atoms with Crippen molar-refractivity contribution >= 4 is 5.91 Å². The average Bonchev–Trinajstić information content (AvgIpc) is 2.32. The highest BCUT2D eigenvalue weighted by Gasteiger charge is 2.12. The van der Waals surface area contributed by atoms with Gasteiger partial charge in [0.2, 0.25) is 5.91 Å². The van der Waals surface area contributed by atoms with Gasteiger partial charge in [-0.05, 0) is 24.8 Å². The van der Waals surface area contributed by atoms with Gasteiger partial charge in [-0.3, -0.25) is 4.79 Å². The predicted octanol–water partition coefficient (Wildman–Crippen LogP) is 1.57. The minimum absolute atomic E-state index is 0.145. The zero-order chi connectivity index (χ0) is 11.8. The Bertz CT molecular complexity index is 309. The van der Waals surface area contributed by atoms with Gasteiger partial charge in [-0.1, -0.05) is 13.8 Å². The van der Waals surface area contributed by atoms with Crippen LogP contribution in [0.4, 0.5) is 0 Å². The summed E-state index contributed by atoms with van der Waals surface area (Å²) in [5.74, 6) is 0.300. The van der Waals surface area contributed by atoms with E-state index in [4.69, 9.17) is 0 Å². The maximum absolute atomic E-state index is 11.7.